The first-order valence-electron chi connectivity index (χ1n) is 10.8. The van der Waals surface area contributed by atoms with E-state index in [9.17, 15) is 13.2 Å². The third kappa shape index (κ3) is 5.42. The minimum Gasteiger partial charge on any atom is -0.493 e. The second-order valence-electron chi connectivity index (χ2n) is 8.24. The van der Waals surface area contributed by atoms with E-state index in [2.05, 4.69) is 0 Å². The highest BCUT2D eigenvalue weighted by Crippen LogP contribution is 2.38. The fourth-order valence-corrected chi connectivity index (χ4v) is 5.64. The summed E-state index contributed by atoms with van der Waals surface area (Å²) in [5.41, 5.74) is 1.81. The summed E-state index contributed by atoms with van der Waals surface area (Å²) in [6.07, 6.45) is 1.29. The van der Waals surface area contributed by atoms with Crippen LogP contribution in [0.15, 0.2) is 41.3 Å². The maximum absolute atomic E-state index is 13.2. The zero-order chi connectivity index (χ0) is 24.2. The molecule has 0 aromatic heterocycles. The zero-order valence-electron chi connectivity index (χ0n) is 19.8. The SMILES string of the molecule is COc1cc(CN(C)C(=O)C2CCCN(S(=O)(=O)c3ccc(C)cc3)C2)cc(OC)c1OC. The molecular weight excluding hydrogens is 444 g/mol. The van der Waals surface area contributed by atoms with E-state index in [1.165, 1.54) is 11.4 Å². The van der Waals surface area contributed by atoms with E-state index < -0.39 is 15.9 Å². The molecule has 2 aromatic carbocycles. The van der Waals surface area contributed by atoms with E-state index in [1.807, 2.05) is 6.92 Å². The molecule has 1 saturated heterocycles. The van der Waals surface area contributed by atoms with Gasteiger partial charge in [0, 0.05) is 26.7 Å². The van der Waals surface area contributed by atoms with E-state index in [0.29, 0.717) is 43.2 Å². The molecule has 3 rings (SSSR count). The fraction of sp³-hybridized carbons (Fsp3) is 0.458. The highest BCUT2D eigenvalue weighted by atomic mass is 32.2. The standard InChI is InChI=1S/C24H32N2O6S/c1-17-8-10-20(11-9-17)33(28,29)26-12-6-7-19(16-26)24(27)25(2)15-18-13-21(30-3)23(32-5)22(14-18)31-4/h8-11,13-14,19H,6-7,12,15-16H2,1-5H3. The second-order valence-corrected chi connectivity index (χ2v) is 10.2. The lowest BCUT2D eigenvalue weighted by Gasteiger charge is -2.33. The molecule has 9 heteroatoms. The third-order valence-electron chi connectivity index (χ3n) is 5.91. The average Bonchev–Trinajstić information content (AvgIpc) is 2.83. The summed E-state index contributed by atoms with van der Waals surface area (Å²) in [6, 6.07) is 10.4. The van der Waals surface area contributed by atoms with Crippen molar-refractivity contribution < 1.29 is 27.4 Å². The van der Waals surface area contributed by atoms with Gasteiger partial charge in [-0.3, -0.25) is 4.79 Å². The monoisotopic (exact) mass is 476 g/mol. The number of carbonyl (C=O) groups is 1. The molecule has 0 bridgehead atoms. The van der Waals surface area contributed by atoms with Crippen LogP contribution in [0.3, 0.4) is 0 Å². The van der Waals surface area contributed by atoms with Crippen LogP contribution in [0.25, 0.3) is 0 Å². The van der Waals surface area contributed by atoms with Gasteiger partial charge in [-0.15, -0.1) is 0 Å². The number of hydrogen-bond acceptors (Lipinski definition) is 6. The molecule has 33 heavy (non-hydrogen) atoms. The molecule has 1 aliphatic heterocycles. The molecule has 1 fully saturated rings. The largest absolute Gasteiger partial charge is 0.493 e. The third-order valence-corrected chi connectivity index (χ3v) is 7.79. The molecule has 8 nitrogen and oxygen atoms in total. The molecule has 1 heterocycles. The van der Waals surface area contributed by atoms with Crippen molar-refractivity contribution in [3.8, 4) is 17.2 Å². The predicted octanol–water partition coefficient (Wildman–Crippen LogP) is 3.08. The van der Waals surface area contributed by atoms with Crippen molar-refractivity contribution in [2.24, 2.45) is 5.92 Å². The maximum atomic E-state index is 13.2. The van der Waals surface area contributed by atoms with Crippen LogP contribution in [0.5, 0.6) is 17.2 Å². The van der Waals surface area contributed by atoms with Crippen LogP contribution in [0.1, 0.15) is 24.0 Å². The van der Waals surface area contributed by atoms with Gasteiger partial charge in [0.1, 0.15) is 0 Å². The number of rotatable bonds is 8. The second kappa shape index (κ2) is 10.4. The van der Waals surface area contributed by atoms with Crippen LogP contribution < -0.4 is 14.2 Å². The summed E-state index contributed by atoms with van der Waals surface area (Å²) < 4.78 is 43.8. The molecule has 1 aliphatic rings. The number of piperidine rings is 1. The van der Waals surface area contributed by atoms with Crippen molar-refractivity contribution in [2.75, 3.05) is 41.5 Å². The zero-order valence-corrected chi connectivity index (χ0v) is 20.6. The van der Waals surface area contributed by atoms with Crippen molar-refractivity contribution in [2.45, 2.75) is 31.2 Å². The predicted molar refractivity (Wildman–Crippen MR) is 125 cm³/mol. The summed E-state index contributed by atoms with van der Waals surface area (Å²) >= 11 is 0. The van der Waals surface area contributed by atoms with Gasteiger partial charge in [0.25, 0.3) is 0 Å². The number of amides is 1. The van der Waals surface area contributed by atoms with Crippen LogP contribution in [0.2, 0.25) is 0 Å². The van der Waals surface area contributed by atoms with Crippen molar-refractivity contribution >= 4 is 15.9 Å². The molecule has 0 aliphatic carbocycles. The molecule has 2 aromatic rings. The Morgan fingerprint density at radius 2 is 1.67 bits per heavy atom. The number of benzene rings is 2. The van der Waals surface area contributed by atoms with Gasteiger partial charge < -0.3 is 19.1 Å². The van der Waals surface area contributed by atoms with Crippen LogP contribution in [-0.4, -0.2) is 65.0 Å². The Hall–Kier alpha value is -2.78. The smallest absolute Gasteiger partial charge is 0.243 e. The number of hydrogen-bond donors (Lipinski definition) is 0. The van der Waals surface area contributed by atoms with Crippen molar-refractivity contribution in [3.63, 3.8) is 0 Å². The number of carbonyl (C=O) groups excluding carboxylic acids is 1. The van der Waals surface area contributed by atoms with E-state index in [4.69, 9.17) is 14.2 Å². The van der Waals surface area contributed by atoms with E-state index in [-0.39, 0.29) is 17.3 Å². The highest BCUT2D eigenvalue weighted by molar-refractivity contribution is 7.89. The fourth-order valence-electron chi connectivity index (χ4n) is 4.11. The summed E-state index contributed by atoms with van der Waals surface area (Å²) in [4.78, 5) is 15.1. The molecule has 0 spiro atoms. The Bertz CT molecular complexity index is 1060. The van der Waals surface area contributed by atoms with E-state index >= 15 is 0 Å². The lowest BCUT2D eigenvalue weighted by atomic mass is 9.98. The minimum absolute atomic E-state index is 0.0902. The lowest BCUT2D eigenvalue weighted by Crippen LogP contribution is -2.45. The first kappa shape index (κ1) is 24.9. The van der Waals surface area contributed by atoms with Crippen LogP contribution in [-0.2, 0) is 21.4 Å². The molecule has 1 atom stereocenters. The molecule has 180 valence electrons. The number of sulfonamides is 1. The molecule has 0 radical (unpaired) electrons. The van der Waals surface area contributed by atoms with E-state index in [0.717, 1.165) is 11.1 Å². The number of nitrogens with zero attached hydrogens (tertiary/aromatic N) is 2. The Balaban J connectivity index is 1.73. The van der Waals surface area contributed by atoms with Gasteiger partial charge in [-0.25, -0.2) is 8.42 Å². The Morgan fingerprint density at radius 1 is 1.06 bits per heavy atom. The number of ether oxygens (including phenoxy) is 3. The highest BCUT2D eigenvalue weighted by Gasteiger charge is 2.34. The van der Waals surface area contributed by atoms with Gasteiger partial charge in [0.2, 0.25) is 21.7 Å². The minimum atomic E-state index is -3.64. The number of methoxy groups -OCH3 is 3. The summed E-state index contributed by atoms with van der Waals surface area (Å²) in [5, 5.41) is 0. The quantitative estimate of drug-likeness (QED) is 0.582. The van der Waals surface area contributed by atoms with Crippen molar-refractivity contribution in [1.29, 1.82) is 0 Å². The molecular formula is C24H32N2O6S. The molecule has 0 N–H and O–H groups in total. The Labute approximate surface area is 196 Å². The van der Waals surface area contributed by atoms with Gasteiger partial charge >= 0.3 is 0 Å². The van der Waals surface area contributed by atoms with E-state index in [1.54, 1.807) is 62.6 Å². The Kier molecular flexibility index (Phi) is 7.86. The summed E-state index contributed by atoms with van der Waals surface area (Å²) in [7, 11) is 2.70. The van der Waals surface area contributed by atoms with Gasteiger partial charge in [0.05, 0.1) is 32.1 Å². The van der Waals surface area contributed by atoms with Gasteiger partial charge in [0.15, 0.2) is 11.5 Å². The van der Waals surface area contributed by atoms with Crippen molar-refractivity contribution in [1.82, 2.24) is 9.21 Å². The summed E-state index contributed by atoms with van der Waals surface area (Å²) in [6.45, 7) is 2.83. The molecule has 1 unspecified atom stereocenters. The summed E-state index contributed by atoms with van der Waals surface area (Å²) in [5.74, 6) is 1.03. The van der Waals surface area contributed by atoms with Gasteiger partial charge in [-0.1, -0.05) is 17.7 Å². The van der Waals surface area contributed by atoms with Crippen LogP contribution in [0.4, 0.5) is 0 Å². The molecule has 1 amide bonds. The average molecular weight is 477 g/mol. The first-order valence-corrected chi connectivity index (χ1v) is 12.3. The first-order chi connectivity index (χ1) is 15.7. The normalized spacial score (nSPS) is 16.8. The van der Waals surface area contributed by atoms with Gasteiger partial charge in [-0.05, 0) is 49.6 Å². The van der Waals surface area contributed by atoms with Crippen LogP contribution in [0, 0.1) is 12.8 Å². The van der Waals surface area contributed by atoms with Crippen molar-refractivity contribution in [3.05, 3.63) is 47.5 Å². The topological polar surface area (TPSA) is 85.4 Å². The number of aryl methyl sites for hydroxylation is 1. The molecule has 0 saturated carbocycles. The maximum Gasteiger partial charge on any atom is 0.243 e. The van der Waals surface area contributed by atoms with Gasteiger partial charge in [-0.2, -0.15) is 4.31 Å². The van der Waals surface area contributed by atoms with Crippen LogP contribution >= 0.6 is 0 Å². The Morgan fingerprint density at radius 3 is 2.21 bits per heavy atom. The lowest BCUT2D eigenvalue weighted by molar-refractivity contribution is -0.135.